The lowest BCUT2D eigenvalue weighted by atomic mass is 10.1. The molecular formula is C22H34O5. The van der Waals surface area contributed by atoms with Gasteiger partial charge in [0.1, 0.15) is 0 Å². The van der Waals surface area contributed by atoms with Crippen molar-refractivity contribution in [1.82, 2.24) is 0 Å². The van der Waals surface area contributed by atoms with Crippen LogP contribution >= 0.6 is 0 Å². The Kier molecular flexibility index (Phi) is 13.0. The first-order chi connectivity index (χ1) is 13.2. The SMILES string of the molecule is CCCCCCCCCCCCCCOOC(=O)c1ccccc1C(=O)O. The highest BCUT2D eigenvalue weighted by Gasteiger charge is 2.17. The fraction of sp³-hybridized carbons (Fsp3) is 0.636. The van der Waals surface area contributed by atoms with Crippen molar-refractivity contribution in [3.8, 4) is 0 Å². The van der Waals surface area contributed by atoms with Crippen LogP contribution in [-0.4, -0.2) is 23.7 Å². The molecule has 0 amide bonds. The van der Waals surface area contributed by atoms with Gasteiger partial charge in [-0.3, -0.25) is 4.89 Å². The first kappa shape index (κ1) is 23.2. The van der Waals surface area contributed by atoms with E-state index in [1.165, 1.54) is 69.9 Å². The molecule has 0 spiro atoms. The van der Waals surface area contributed by atoms with Crippen molar-refractivity contribution < 1.29 is 24.5 Å². The second-order valence-electron chi connectivity index (χ2n) is 6.93. The largest absolute Gasteiger partial charge is 0.478 e. The molecule has 1 aromatic carbocycles. The topological polar surface area (TPSA) is 72.8 Å². The third kappa shape index (κ3) is 10.8. The van der Waals surface area contributed by atoms with Crippen molar-refractivity contribution in [2.45, 2.75) is 84.0 Å². The Hall–Kier alpha value is -1.88. The Morgan fingerprint density at radius 2 is 1.26 bits per heavy atom. The smallest absolute Gasteiger partial charge is 0.373 e. The molecule has 0 saturated carbocycles. The summed E-state index contributed by atoms with van der Waals surface area (Å²) in [5.74, 6) is -1.93. The van der Waals surface area contributed by atoms with Crippen LogP contribution in [-0.2, 0) is 9.78 Å². The second kappa shape index (κ2) is 15.2. The second-order valence-corrected chi connectivity index (χ2v) is 6.93. The van der Waals surface area contributed by atoms with Crippen LogP contribution in [0.2, 0.25) is 0 Å². The van der Waals surface area contributed by atoms with Crippen LogP contribution in [0, 0.1) is 0 Å². The molecule has 0 bridgehead atoms. The molecule has 0 heterocycles. The van der Waals surface area contributed by atoms with E-state index in [-0.39, 0.29) is 11.1 Å². The monoisotopic (exact) mass is 378 g/mol. The molecule has 0 saturated heterocycles. The van der Waals surface area contributed by atoms with E-state index < -0.39 is 11.9 Å². The summed E-state index contributed by atoms with van der Waals surface area (Å²) < 4.78 is 0. The van der Waals surface area contributed by atoms with Crippen LogP contribution in [0.3, 0.4) is 0 Å². The van der Waals surface area contributed by atoms with Crippen LogP contribution < -0.4 is 0 Å². The summed E-state index contributed by atoms with van der Waals surface area (Å²) in [4.78, 5) is 32.6. The summed E-state index contributed by atoms with van der Waals surface area (Å²) in [6, 6.07) is 5.94. The first-order valence-corrected chi connectivity index (χ1v) is 10.3. The Labute approximate surface area is 163 Å². The predicted molar refractivity (Wildman–Crippen MR) is 106 cm³/mol. The van der Waals surface area contributed by atoms with Gasteiger partial charge in [-0.15, -0.1) is 0 Å². The number of carboxylic acids is 1. The molecule has 0 fully saturated rings. The number of unbranched alkanes of at least 4 members (excludes halogenated alkanes) is 11. The number of carbonyl (C=O) groups is 2. The van der Waals surface area contributed by atoms with Crippen LogP contribution in [0.5, 0.6) is 0 Å². The molecule has 1 rings (SSSR count). The average Bonchev–Trinajstić information content (AvgIpc) is 2.68. The van der Waals surface area contributed by atoms with Gasteiger partial charge in [0.05, 0.1) is 17.7 Å². The summed E-state index contributed by atoms with van der Waals surface area (Å²) in [6.45, 7) is 2.58. The number of hydrogen-bond acceptors (Lipinski definition) is 4. The fourth-order valence-corrected chi connectivity index (χ4v) is 2.99. The average molecular weight is 379 g/mol. The Bertz CT molecular complexity index is 541. The lowest BCUT2D eigenvalue weighted by Gasteiger charge is -2.06. The molecule has 1 N–H and O–H groups in total. The number of benzene rings is 1. The number of aromatic carboxylic acids is 1. The zero-order valence-corrected chi connectivity index (χ0v) is 16.6. The van der Waals surface area contributed by atoms with E-state index >= 15 is 0 Å². The van der Waals surface area contributed by atoms with E-state index in [1.807, 2.05) is 0 Å². The van der Waals surface area contributed by atoms with Gasteiger partial charge in [-0.05, 0) is 18.6 Å². The molecule has 1 aromatic rings. The Balaban J connectivity index is 1.97. The minimum absolute atomic E-state index is 0.000283. The molecule has 0 aliphatic carbocycles. The molecule has 0 radical (unpaired) electrons. The van der Waals surface area contributed by atoms with E-state index in [0.717, 1.165) is 19.3 Å². The predicted octanol–water partition coefficient (Wildman–Crippen LogP) is 6.17. The highest BCUT2D eigenvalue weighted by molar-refractivity contribution is 6.02. The fourth-order valence-electron chi connectivity index (χ4n) is 2.99. The minimum Gasteiger partial charge on any atom is -0.478 e. The molecule has 0 aliphatic rings. The molecule has 0 aliphatic heterocycles. The molecule has 27 heavy (non-hydrogen) atoms. The van der Waals surface area contributed by atoms with Gasteiger partial charge in [0.15, 0.2) is 0 Å². The summed E-state index contributed by atoms with van der Waals surface area (Å²) in [6.07, 6.45) is 15.0. The number of carbonyl (C=O) groups excluding carboxylic acids is 1. The maximum atomic E-state index is 11.9. The zero-order valence-electron chi connectivity index (χ0n) is 16.6. The Morgan fingerprint density at radius 3 is 1.78 bits per heavy atom. The molecule has 0 aromatic heterocycles. The molecular weight excluding hydrogens is 344 g/mol. The molecule has 5 nitrogen and oxygen atoms in total. The van der Waals surface area contributed by atoms with Gasteiger partial charge in [0.25, 0.3) is 0 Å². The van der Waals surface area contributed by atoms with Crippen molar-refractivity contribution >= 4 is 11.9 Å². The molecule has 5 heteroatoms. The normalized spacial score (nSPS) is 10.7. The standard InChI is InChI=1S/C22H34O5/c1-2-3-4-5-6-7-8-9-10-11-12-15-18-26-27-22(25)20-17-14-13-16-19(20)21(23)24/h13-14,16-17H,2-12,15,18H2,1H3,(H,23,24). The number of rotatable bonds is 16. The summed E-state index contributed by atoms with van der Waals surface area (Å²) in [7, 11) is 0. The maximum Gasteiger partial charge on any atom is 0.373 e. The zero-order chi connectivity index (χ0) is 19.7. The van der Waals surface area contributed by atoms with Gasteiger partial charge in [-0.2, -0.15) is 4.89 Å². The minimum atomic E-state index is -1.16. The van der Waals surface area contributed by atoms with Crippen molar-refractivity contribution in [3.63, 3.8) is 0 Å². The van der Waals surface area contributed by atoms with E-state index in [0.29, 0.717) is 6.61 Å². The molecule has 152 valence electrons. The van der Waals surface area contributed by atoms with Crippen LogP contribution in [0.15, 0.2) is 24.3 Å². The lowest BCUT2D eigenvalue weighted by Crippen LogP contribution is -2.12. The van der Waals surface area contributed by atoms with Crippen molar-refractivity contribution in [2.24, 2.45) is 0 Å². The van der Waals surface area contributed by atoms with Crippen molar-refractivity contribution in [1.29, 1.82) is 0 Å². The van der Waals surface area contributed by atoms with Gasteiger partial charge in [0.2, 0.25) is 0 Å². The number of carboxylic acid groups (broad SMARTS) is 1. The molecule has 0 atom stereocenters. The van der Waals surface area contributed by atoms with Crippen LogP contribution in [0.25, 0.3) is 0 Å². The van der Waals surface area contributed by atoms with Crippen LogP contribution in [0.1, 0.15) is 105 Å². The van der Waals surface area contributed by atoms with E-state index in [2.05, 4.69) is 6.92 Å². The quantitative estimate of drug-likeness (QED) is 0.211. The summed E-state index contributed by atoms with van der Waals surface area (Å²) >= 11 is 0. The molecule has 0 unspecified atom stereocenters. The Morgan fingerprint density at radius 1 is 0.778 bits per heavy atom. The summed E-state index contributed by atoms with van der Waals surface area (Å²) in [5.41, 5.74) is -0.0869. The van der Waals surface area contributed by atoms with Gasteiger partial charge >= 0.3 is 11.9 Å². The van der Waals surface area contributed by atoms with E-state index in [9.17, 15) is 9.59 Å². The van der Waals surface area contributed by atoms with Gasteiger partial charge in [-0.1, -0.05) is 89.7 Å². The highest BCUT2D eigenvalue weighted by Crippen LogP contribution is 2.13. The lowest BCUT2D eigenvalue weighted by molar-refractivity contribution is -0.241. The van der Waals surface area contributed by atoms with E-state index in [1.54, 1.807) is 12.1 Å². The van der Waals surface area contributed by atoms with Crippen molar-refractivity contribution in [2.75, 3.05) is 6.61 Å². The highest BCUT2D eigenvalue weighted by atomic mass is 17.2. The van der Waals surface area contributed by atoms with Crippen molar-refractivity contribution in [3.05, 3.63) is 35.4 Å². The third-order valence-corrected chi connectivity index (χ3v) is 4.59. The maximum absolute atomic E-state index is 11.9. The third-order valence-electron chi connectivity index (χ3n) is 4.59. The van der Waals surface area contributed by atoms with Gasteiger partial charge in [-0.25, -0.2) is 9.59 Å². The van der Waals surface area contributed by atoms with Gasteiger partial charge in [0, 0.05) is 0 Å². The van der Waals surface area contributed by atoms with Crippen LogP contribution in [0.4, 0.5) is 0 Å². The summed E-state index contributed by atoms with van der Waals surface area (Å²) in [5, 5.41) is 9.06. The van der Waals surface area contributed by atoms with Gasteiger partial charge < -0.3 is 5.11 Å². The number of hydrogen-bond donors (Lipinski definition) is 1. The first-order valence-electron chi connectivity index (χ1n) is 10.3. The van der Waals surface area contributed by atoms with E-state index in [4.69, 9.17) is 14.9 Å².